The molecule has 3 aromatic carbocycles. The quantitative estimate of drug-likeness (QED) is 0.737. The van der Waals surface area contributed by atoms with Crippen LogP contribution in [0.25, 0.3) is 10.8 Å². The summed E-state index contributed by atoms with van der Waals surface area (Å²) in [6.07, 6.45) is 3.00. The van der Waals surface area contributed by atoms with Crippen molar-refractivity contribution < 1.29 is 4.79 Å². The number of benzene rings is 3. The molecule has 2 heterocycles. The molecule has 28 heavy (non-hydrogen) atoms. The van der Waals surface area contributed by atoms with Gasteiger partial charge >= 0.3 is 0 Å². The van der Waals surface area contributed by atoms with Gasteiger partial charge in [0.2, 0.25) is 5.91 Å². The summed E-state index contributed by atoms with van der Waals surface area (Å²) >= 11 is 0. The van der Waals surface area contributed by atoms with Gasteiger partial charge in [-0.2, -0.15) is 0 Å². The third-order valence-electron chi connectivity index (χ3n) is 6.59. The Kier molecular flexibility index (Phi) is 4.40. The van der Waals surface area contributed by atoms with Crippen molar-refractivity contribution in [1.82, 2.24) is 10.2 Å². The Morgan fingerprint density at radius 1 is 0.893 bits per heavy atom. The first-order valence-electron chi connectivity index (χ1n) is 10.3. The molecule has 3 nitrogen and oxygen atoms in total. The number of fused-ring (bicyclic) bond motifs is 1. The first-order chi connectivity index (χ1) is 13.7. The van der Waals surface area contributed by atoms with Crippen LogP contribution in [0.4, 0.5) is 0 Å². The number of amides is 1. The minimum absolute atomic E-state index is 0.00539. The van der Waals surface area contributed by atoms with Crippen molar-refractivity contribution in [2.24, 2.45) is 0 Å². The molecule has 2 saturated heterocycles. The van der Waals surface area contributed by atoms with Crippen LogP contribution in [0.1, 0.15) is 36.3 Å². The van der Waals surface area contributed by atoms with Crippen LogP contribution in [0, 0.1) is 0 Å². The average molecular weight is 370 g/mol. The maximum Gasteiger partial charge on any atom is 0.228 e. The van der Waals surface area contributed by atoms with Crippen LogP contribution in [0.3, 0.4) is 0 Å². The van der Waals surface area contributed by atoms with Gasteiger partial charge < -0.3 is 5.32 Å². The van der Waals surface area contributed by atoms with Crippen LogP contribution < -0.4 is 5.32 Å². The molecule has 0 bridgehead atoms. The Balaban J connectivity index is 1.27. The molecule has 2 fully saturated rings. The van der Waals surface area contributed by atoms with Crippen LogP contribution >= 0.6 is 0 Å². The minimum Gasteiger partial charge on any atom is -0.350 e. The molecule has 2 aliphatic heterocycles. The fraction of sp³-hybridized carbons (Fsp3) is 0.320. The molecule has 0 saturated carbocycles. The van der Waals surface area contributed by atoms with Gasteiger partial charge in [0.25, 0.3) is 0 Å². The summed E-state index contributed by atoms with van der Waals surface area (Å²) in [5.41, 5.74) is 2.52. The minimum atomic E-state index is -0.0210. The highest BCUT2D eigenvalue weighted by Crippen LogP contribution is 2.39. The van der Waals surface area contributed by atoms with E-state index in [9.17, 15) is 4.79 Å². The van der Waals surface area contributed by atoms with E-state index in [2.05, 4.69) is 64.8 Å². The molecule has 1 spiro atoms. The van der Waals surface area contributed by atoms with E-state index < -0.39 is 0 Å². The number of likely N-dealkylation sites (tertiary alicyclic amines) is 1. The molecular formula is C25H26N2O. The molecule has 0 unspecified atom stereocenters. The normalized spacial score (nSPS) is 21.9. The lowest BCUT2D eigenvalue weighted by Crippen LogP contribution is -2.50. The van der Waals surface area contributed by atoms with Crippen molar-refractivity contribution in [1.29, 1.82) is 0 Å². The van der Waals surface area contributed by atoms with Gasteiger partial charge in [0, 0.05) is 25.2 Å². The maximum atomic E-state index is 12.6. The van der Waals surface area contributed by atoms with Crippen molar-refractivity contribution in [3.8, 4) is 0 Å². The molecule has 3 heteroatoms. The largest absolute Gasteiger partial charge is 0.350 e. The van der Waals surface area contributed by atoms with Gasteiger partial charge in [0.1, 0.15) is 0 Å². The highest BCUT2D eigenvalue weighted by Gasteiger charge is 2.46. The number of hydrogen-bond donors (Lipinski definition) is 1. The third kappa shape index (κ3) is 3.20. The monoisotopic (exact) mass is 370 g/mol. The lowest BCUT2D eigenvalue weighted by Gasteiger charge is -2.39. The van der Waals surface area contributed by atoms with E-state index in [1.807, 2.05) is 18.2 Å². The van der Waals surface area contributed by atoms with Gasteiger partial charge in [-0.3, -0.25) is 9.69 Å². The SMILES string of the molecule is O=C1NC2(CCN(Cc3cccc4ccccc34)CC2)C[C@@H]1c1ccccc1. The molecular weight excluding hydrogens is 344 g/mol. The molecule has 1 amide bonds. The standard InChI is InChI=1S/C25H26N2O/c28-24-23(20-7-2-1-3-8-20)17-25(26-24)13-15-27(16-14-25)18-21-11-6-10-19-9-4-5-12-22(19)21/h1-12,23H,13-18H2,(H,26,28)/t23-/m1/s1. The van der Waals surface area contributed by atoms with Gasteiger partial charge in [0.15, 0.2) is 0 Å². The third-order valence-corrected chi connectivity index (χ3v) is 6.59. The fourth-order valence-electron chi connectivity index (χ4n) is 4.98. The molecule has 142 valence electrons. The number of carbonyl (C=O) groups is 1. The average Bonchev–Trinajstić information content (AvgIpc) is 3.07. The van der Waals surface area contributed by atoms with Crippen molar-refractivity contribution in [3.63, 3.8) is 0 Å². The van der Waals surface area contributed by atoms with Gasteiger partial charge in [-0.05, 0) is 41.2 Å². The number of carbonyl (C=O) groups excluding carboxylic acids is 1. The summed E-state index contributed by atoms with van der Waals surface area (Å²) < 4.78 is 0. The second-order valence-electron chi connectivity index (χ2n) is 8.35. The molecule has 1 atom stereocenters. The second-order valence-corrected chi connectivity index (χ2v) is 8.35. The Hall–Kier alpha value is -2.65. The highest BCUT2D eigenvalue weighted by atomic mass is 16.2. The first kappa shape index (κ1) is 17.4. The van der Waals surface area contributed by atoms with E-state index in [0.717, 1.165) is 44.5 Å². The zero-order chi connectivity index (χ0) is 19.0. The van der Waals surface area contributed by atoms with Gasteiger partial charge in [-0.15, -0.1) is 0 Å². The number of nitrogens with zero attached hydrogens (tertiary/aromatic N) is 1. The molecule has 0 radical (unpaired) electrons. The van der Waals surface area contributed by atoms with E-state index >= 15 is 0 Å². The lowest BCUT2D eigenvalue weighted by atomic mass is 9.82. The summed E-state index contributed by atoms with van der Waals surface area (Å²) in [6.45, 7) is 3.05. The lowest BCUT2D eigenvalue weighted by molar-refractivity contribution is -0.121. The molecule has 1 N–H and O–H groups in total. The van der Waals surface area contributed by atoms with Crippen LogP contribution in [-0.2, 0) is 11.3 Å². The summed E-state index contributed by atoms with van der Waals surface area (Å²) in [4.78, 5) is 15.2. The zero-order valence-electron chi connectivity index (χ0n) is 16.1. The van der Waals surface area contributed by atoms with E-state index in [1.165, 1.54) is 16.3 Å². The van der Waals surface area contributed by atoms with Crippen LogP contribution in [0.5, 0.6) is 0 Å². The van der Waals surface area contributed by atoms with Crippen LogP contribution in [-0.4, -0.2) is 29.4 Å². The van der Waals surface area contributed by atoms with Gasteiger partial charge in [-0.1, -0.05) is 72.8 Å². The Bertz CT molecular complexity index is 984. The van der Waals surface area contributed by atoms with Crippen molar-refractivity contribution in [2.75, 3.05) is 13.1 Å². The predicted octanol–water partition coefficient (Wildman–Crippen LogP) is 4.48. The number of piperidine rings is 1. The van der Waals surface area contributed by atoms with Gasteiger partial charge in [0.05, 0.1) is 5.92 Å². The number of rotatable bonds is 3. The summed E-state index contributed by atoms with van der Waals surface area (Å²) in [5.74, 6) is 0.208. The Morgan fingerprint density at radius 3 is 2.43 bits per heavy atom. The highest BCUT2D eigenvalue weighted by molar-refractivity contribution is 5.87. The number of nitrogens with one attached hydrogen (secondary N) is 1. The van der Waals surface area contributed by atoms with Gasteiger partial charge in [-0.25, -0.2) is 0 Å². The summed E-state index contributed by atoms with van der Waals surface area (Å²) in [6, 6.07) is 25.4. The van der Waals surface area contributed by atoms with E-state index in [-0.39, 0.29) is 17.4 Å². The number of hydrogen-bond acceptors (Lipinski definition) is 2. The van der Waals surface area contributed by atoms with E-state index in [4.69, 9.17) is 0 Å². The summed E-state index contributed by atoms with van der Waals surface area (Å²) in [7, 11) is 0. The fourth-order valence-corrected chi connectivity index (χ4v) is 4.98. The smallest absolute Gasteiger partial charge is 0.228 e. The molecule has 5 rings (SSSR count). The second kappa shape index (κ2) is 7.06. The first-order valence-corrected chi connectivity index (χ1v) is 10.3. The topological polar surface area (TPSA) is 32.3 Å². The van der Waals surface area contributed by atoms with Crippen LogP contribution in [0.2, 0.25) is 0 Å². The van der Waals surface area contributed by atoms with Crippen molar-refractivity contribution in [3.05, 3.63) is 83.9 Å². The Labute approximate surface area is 166 Å². The zero-order valence-corrected chi connectivity index (χ0v) is 16.1. The Morgan fingerprint density at radius 2 is 1.61 bits per heavy atom. The maximum absolute atomic E-state index is 12.6. The van der Waals surface area contributed by atoms with Crippen molar-refractivity contribution in [2.45, 2.75) is 37.3 Å². The molecule has 3 aromatic rings. The molecule has 0 aromatic heterocycles. The predicted molar refractivity (Wildman–Crippen MR) is 113 cm³/mol. The van der Waals surface area contributed by atoms with Crippen LogP contribution in [0.15, 0.2) is 72.8 Å². The molecule has 0 aliphatic carbocycles. The molecule has 2 aliphatic rings. The summed E-state index contributed by atoms with van der Waals surface area (Å²) in [5, 5.41) is 6.02. The van der Waals surface area contributed by atoms with Crippen molar-refractivity contribution >= 4 is 16.7 Å². The van der Waals surface area contributed by atoms with E-state index in [0.29, 0.717) is 0 Å². The van der Waals surface area contributed by atoms with E-state index in [1.54, 1.807) is 0 Å².